The minimum atomic E-state index is 0.100. The monoisotopic (exact) mass is 473 g/mol. The van der Waals surface area contributed by atoms with Crippen molar-refractivity contribution in [1.82, 2.24) is 14.8 Å². The van der Waals surface area contributed by atoms with Crippen LogP contribution in [0.3, 0.4) is 0 Å². The summed E-state index contributed by atoms with van der Waals surface area (Å²) in [6.45, 7) is 8.04. The first-order valence-electron chi connectivity index (χ1n) is 12.1. The lowest BCUT2D eigenvalue weighted by Gasteiger charge is -2.35. The van der Waals surface area contributed by atoms with Crippen LogP contribution in [0, 0.1) is 0 Å². The number of unbranched alkanes of at least 4 members (excludes halogenated alkanes) is 3. The smallest absolute Gasteiger partial charge is 0.205 e. The maximum Gasteiger partial charge on any atom is 0.205 e. The van der Waals surface area contributed by atoms with Crippen molar-refractivity contribution in [2.24, 2.45) is 0 Å². The highest BCUT2D eigenvalue weighted by atomic mass is 32.2. The van der Waals surface area contributed by atoms with E-state index in [4.69, 9.17) is 4.98 Å². The predicted molar refractivity (Wildman–Crippen MR) is 138 cm³/mol. The van der Waals surface area contributed by atoms with E-state index < -0.39 is 0 Å². The van der Waals surface area contributed by atoms with Gasteiger partial charge in [0.15, 0.2) is 0 Å². The number of piperidine rings is 1. The Morgan fingerprint density at radius 3 is 2.56 bits per heavy atom. The van der Waals surface area contributed by atoms with Crippen molar-refractivity contribution >= 4 is 28.9 Å². The second kappa shape index (κ2) is 12.9. The molecule has 176 valence electrons. The number of carbonyl (C=O) groups is 1. The van der Waals surface area contributed by atoms with E-state index in [9.17, 15) is 4.79 Å². The Bertz CT molecular complexity index is 828. The summed E-state index contributed by atoms with van der Waals surface area (Å²) in [7, 11) is 4.40. The number of pyridine rings is 1. The van der Waals surface area contributed by atoms with Crippen molar-refractivity contribution in [2.45, 2.75) is 69.4 Å². The normalized spacial score (nSPS) is 15.7. The SMILES string of the molecule is CC(C)c1ccc(C(=O)c2cccs2)c(SCCCCCCN2CCC(N(C)C)CC2)n1. The van der Waals surface area contributed by atoms with E-state index in [0.29, 0.717) is 5.92 Å². The van der Waals surface area contributed by atoms with Crippen LogP contribution >= 0.6 is 23.1 Å². The summed E-state index contributed by atoms with van der Waals surface area (Å²) in [5.41, 5.74) is 1.82. The third-order valence-electron chi connectivity index (χ3n) is 6.36. The summed E-state index contributed by atoms with van der Waals surface area (Å²) in [6.07, 6.45) is 7.61. The topological polar surface area (TPSA) is 36.4 Å². The number of thiophene rings is 1. The highest BCUT2D eigenvalue weighted by Gasteiger charge is 2.20. The van der Waals surface area contributed by atoms with Gasteiger partial charge in [0.1, 0.15) is 5.03 Å². The van der Waals surface area contributed by atoms with E-state index in [1.165, 1.54) is 69.5 Å². The Kier molecular flexibility index (Phi) is 10.2. The van der Waals surface area contributed by atoms with Gasteiger partial charge in [-0.1, -0.05) is 32.8 Å². The zero-order valence-electron chi connectivity index (χ0n) is 20.2. The molecule has 32 heavy (non-hydrogen) atoms. The van der Waals surface area contributed by atoms with Crippen molar-refractivity contribution in [3.8, 4) is 0 Å². The van der Waals surface area contributed by atoms with Crippen LogP contribution in [0.1, 0.15) is 79.2 Å². The molecule has 0 atom stereocenters. The molecule has 2 aromatic heterocycles. The Labute approximate surface area is 202 Å². The fourth-order valence-corrected chi connectivity index (χ4v) is 5.92. The highest BCUT2D eigenvalue weighted by molar-refractivity contribution is 7.99. The summed E-state index contributed by atoms with van der Waals surface area (Å²) in [4.78, 5) is 23.6. The fourth-order valence-electron chi connectivity index (χ4n) is 4.22. The van der Waals surface area contributed by atoms with Crippen LogP contribution in [0.15, 0.2) is 34.7 Å². The molecule has 1 aliphatic rings. The summed E-state index contributed by atoms with van der Waals surface area (Å²) in [5, 5.41) is 2.86. The number of carbonyl (C=O) groups excluding carboxylic acids is 1. The predicted octanol–water partition coefficient (Wildman–Crippen LogP) is 6.18. The molecule has 0 saturated carbocycles. The third-order valence-corrected chi connectivity index (χ3v) is 8.30. The molecule has 1 aliphatic heterocycles. The van der Waals surface area contributed by atoms with Gasteiger partial charge < -0.3 is 9.80 Å². The van der Waals surface area contributed by atoms with E-state index in [2.05, 4.69) is 37.7 Å². The maximum atomic E-state index is 12.9. The number of aromatic nitrogens is 1. The quantitative estimate of drug-likeness (QED) is 0.209. The van der Waals surface area contributed by atoms with Gasteiger partial charge in [-0.15, -0.1) is 23.1 Å². The molecule has 0 N–H and O–H groups in total. The lowest BCUT2D eigenvalue weighted by molar-refractivity contribution is 0.103. The molecule has 0 unspecified atom stereocenters. The van der Waals surface area contributed by atoms with E-state index in [1.54, 1.807) is 11.8 Å². The van der Waals surface area contributed by atoms with E-state index in [-0.39, 0.29) is 5.78 Å². The molecule has 0 aromatic carbocycles. The molecule has 1 saturated heterocycles. The highest BCUT2D eigenvalue weighted by Crippen LogP contribution is 2.28. The Hall–Kier alpha value is -1.21. The first-order chi connectivity index (χ1) is 15.5. The van der Waals surface area contributed by atoms with Crippen molar-refractivity contribution in [3.63, 3.8) is 0 Å². The van der Waals surface area contributed by atoms with Crippen LogP contribution in [0.5, 0.6) is 0 Å². The number of thioether (sulfide) groups is 1. The van der Waals surface area contributed by atoms with Crippen LogP contribution in [-0.4, -0.2) is 66.1 Å². The lowest BCUT2D eigenvalue weighted by Crippen LogP contribution is -2.42. The van der Waals surface area contributed by atoms with E-state index in [1.807, 2.05) is 29.6 Å². The van der Waals surface area contributed by atoms with Crippen LogP contribution < -0.4 is 0 Å². The number of hydrogen-bond acceptors (Lipinski definition) is 6. The molecule has 3 rings (SSSR count). The lowest BCUT2D eigenvalue weighted by atomic mass is 10.0. The summed E-state index contributed by atoms with van der Waals surface area (Å²) in [5.74, 6) is 1.49. The minimum absolute atomic E-state index is 0.100. The summed E-state index contributed by atoms with van der Waals surface area (Å²) >= 11 is 3.25. The second-order valence-electron chi connectivity index (χ2n) is 9.35. The van der Waals surface area contributed by atoms with Gasteiger partial charge in [-0.3, -0.25) is 4.79 Å². The average Bonchev–Trinajstić information content (AvgIpc) is 3.33. The van der Waals surface area contributed by atoms with Gasteiger partial charge in [0, 0.05) is 11.7 Å². The van der Waals surface area contributed by atoms with E-state index in [0.717, 1.165) is 33.0 Å². The minimum Gasteiger partial charge on any atom is -0.306 e. The fraction of sp³-hybridized carbons (Fsp3) is 0.615. The van der Waals surface area contributed by atoms with Crippen molar-refractivity contribution < 1.29 is 4.79 Å². The maximum absolute atomic E-state index is 12.9. The Morgan fingerprint density at radius 2 is 1.91 bits per heavy atom. The molecule has 2 aromatic rings. The van der Waals surface area contributed by atoms with Crippen molar-refractivity contribution in [1.29, 1.82) is 0 Å². The van der Waals surface area contributed by atoms with Crippen LogP contribution in [0.2, 0.25) is 0 Å². The Morgan fingerprint density at radius 1 is 1.16 bits per heavy atom. The third kappa shape index (κ3) is 7.41. The molecule has 0 aliphatic carbocycles. The van der Waals surface area contributed by atoms with Crippen LogP contribution in [0.4, 0.5) is 0 Å². The molecule has 1 fully saturated rings. The number of hydrogen-bond donors (Lipinski definition) is 0. The van der Waals surface area contributed by atoms with Gasteiger partial charge in [0.25, 0.3) is 0 Å². The van der Waals surface area contributed by atoms with Crippen LogP contribution in [-0.2, 0) is 0 Å². The molecule has 0 amide bonds. The molecular formula is C26H39N3OS2. The summed E-state index contributed by atoms with van der Waals surface area (Å²) in [6, 6.07) is 8.59. The molecule has 4 nitrogen and oxygen atoms in total. The molecule has 0 bridgehead atoms. The zero-order chi connectivity index (χ0) is 22.9. The van der Waals surface area contributed by atoms with Gasteiger partial charge in [0.05, 0.1) is 10.4 Å². The zero-order valence-corrected chi connectivity index (χ0v) is 21.8. The standard InChI is InChI=1S/C26H39N3OS2/c1-20(2)23-12-11-22(25(30)24-10-9-19-31-24)26(27-23)32-18-8-6-5-7-15-29-16-13-21(14-17-29)28(3)4/h9-12,19-21H,5-8,13-18H2,1-4H3. The number of rotatable bonds is 12. The average molecular weight is 474 g/mol. The largest absolute Gasteiger partial charge is 0.306 e. The van der Waals surface area contributed by atoms with Gasteiger partial charge in [-0.05, 0) is 94.7 Å². The first-order valence-corrected chi connectivity index (χ1v) is 13.9. The number of likely N-dealkylation sites (tertiary alicyclic amines) is 1. The van der Waals surface area contributed by atoms with Crippen LogP contribution in [0.25, 0.3) is 0 Å². The second-order valence-corrected chi connectivity index (χ2v) is 11.4. The summed E-state index contributed by atoms with van der Waals surface area (Å²) < 4.78 is 0. The number of nitrogens with zero attached hydrogens (tertiary/aromatic N) is 3. The molecule has 3 heterocycles. The molecular weight excluding hydrogens is 434 g/mol. The van der Waals surface area contributed by atoms with Gasteiger partial charge in [-0.25, -0.2) is 4.98 Å². The first kappa shape index (κ1) is 25.4. The number of ketones is 1. The molecule has 0 spiro atoms. The van der Waals surface area contributed by atoms with Crippen molar-refractivity contribution in [3.05, 3.63) is 45.8 Å². The molecule has 0 radical (unpaired) electrons. The van der Waals surface area contributed by atoms with Crippen molar-refractivity contribution in [2.75, 3.05) is 39.5 Å². The van der Waals surface area contributed by atoms with Gasteiger partial charge in [0.2, 0.25) is 5.78 Å². The molecule has 6 heteroatoms. The Balaban J connectivity index is 1.41. The van der Waals surface area contributed by atoms with E-state index >= 15 is 0 Å². The van der Waals surface area contributed by atoms with Gasteiger partial charge >= 0.3 is 0 Å². The van der Waals surface area contributed by atoms with Gasteiger partial charge in [-0.2, -0.15) is 0 Å².